The van der Waals surface area contributed by atoms with Crippen LogP contribution in [0.15, 0.2) is 42.9 Å². The Labute approximate surface area is 149 Å². The Balaban J connectivity index is 1.33. The Bertz CT molecular complexity index is 901. The highest BCUT2D eigenvalue weighted by Gasteiger charge is 2.23. The molecule has 0 aliphatic carbocycles. The maximum atomic E-state index is 12.9. The number of carbonyl (C=O) groups excluding carboxylic acids is 1. The number of fused-ring (bicyclic) bond motifs is 1. The van der Waals surface area contributed by atoms with E-state index in [1.165, 1.54) is 24.3 Å². The van der Waals surface area contributed by atoms with Crippen molar-refractivity contribution in [1.29, 1.82) is 0 Å². The topological polar surface area (TPSA) is 85.9 Å². The number of hydrogen-bond donors (Lipinski definition) is 3. The highest BCUT2D eigenvalue weighted by Crippen LogP contribution is 2.25. The van der Waals surface area contributed by atoms with Crippen molar-refractivity contribution < 1.29 is 9.18 Å². The van der Waals surface area contributed by atoms with E-state index in [1.807, 2.05) is 12.3 Å². The SMILES string of the molecule is O=C(Nc1ccc(F)cc1)NC1CCN(c2ncnc3[nH]ccc23)CC1. The highest BCUT2D eigenvalue weighted by molar-refractivity contribution is 5.89. The molecular weight excluding hydrogens is 335 g/mol. The average Bonchev–Trinajstić information content (AvgIpc) is 3.13. The van der Waals surface area contributed by atoms with Gasteiger partial charge in [-0.05, 0) is 43.2 Å². The number of aromatic amines is 1. The van der Waals surface area contributed by atoms with Crippen molar-refractivity contribution >= 4 is 28.6 Å². The smallest absolute Gasteiger partial charge is 0.319 e. The van der Waals surface area contributed by atoms with E-state index in [0.29, 0.717) is 5.69 Å². The zero-order valence-corrected chi connectivity index (χ0v) is 14.1. The van der Waals surface area contributed by atoms with Crippen molar-refractivity contribution in [1.82, 2.24) is 20.3 Å². The number of carbonyl (C=O) groups is 1. The van der Waals surface area contributed by atoms with E-state index < -0.39 is 0 Å². The van der Waals surface area contributed by atoms with Crippen molar-refractivity contribution in [2.75, 3.05) is 23.3 Å². The van der Waals surface area contributed by atoms with Gasteiger partial charge in [0.15, 0.2) is 0 Å². The lowest BCUT2D eigenvalue weighted by molar-refractivity contribution is 0.246. The van der Waals surface area contributed by atoms with Crippen LogP contribution in [-0.2, 0) is 0 Å². The number of urea groups is 1. The second-order valence-electron chi connectivity index (χ2n) is 6.30. The Morgan fingerprint density at radius 1 is 1.15 bits per heavy atom. The zero-order valence-electron chi connectivity index (χ0n) is 14.1. The quantitative estimate of drug-likeness (QED) is 0.675. The molecule has 134 valence electrons. The molecule has 0 atom stereocenters. The molecule has 1 fully saturated rings. The number of benzene rings is 1. The maximum absolute atomic E-state index is 12.9. The second-order valence-corrected chi connectivity index (χ2v) is 6.30. The molecular formula is C18H19FN6O. The molecule has 3 aromatic rings. The summed E-state index contributed by atoms with van der Waals surface area (Å²) >= 11 is 0. The van der Waals surface area contributed by atoms with Crippen LogP contribution in [-0.4, -0.2) is 40.1 Å². The van der Waals surface area contributed by atoms with Crippen LogP contribution in [0.25, 0.3) is 11.0 Å². The summed E-state index contributed by atoms with van der Waals surface area (Å²) in [5, 5.41) is 6.71. The molecule has 0 unspecified atom stereocenters. The average molecular weight is 354 g/mol. The number of amides is 2. The van der Waals surface area contributed by atoms with Crippen LogP contribution in [0, 0.1) is 5.82 Å². The fourth-order valence-corrected chi connectivity index (χ4v) is 3.23. The molecule has 4 rings (SSSR count). The summed E-state index contributed by atoms with van der Waals surface area (Å²) in [4.78, 5) is 26.0. The van der Waals surface area contributed by atoms with Crippen LogP contribution in [0.2, 0.25) is 0 Å². The number of H-pyrrole nitrogens is 1. The van der Waals surface area contributed by atoms with Crippen LogP contribution in [0.5, 0.6) is 0 Å². The molecule has 1 aromatic carbocycles. The van der Waals surface area contributed by atoms with Gasteiger partial charge in [0.25, 0.3) is 0 Å². The first kappa shape index (κ1) is 16.3. The van der Waals surface area contributed by atoms with Gasteiger partial charge in [0.05, 0.1) is 5.39 Å². The summed E-state index contributed by atoms with van der Waals surface area (Å²) in [7, 11) is 0. The van der Waals surface area contributed by atoms with Gasteiger partial charge in [-0.1, -0.05) is 0 Å². The molecule has 0 saturated carbocycles. The van der Waals surface area contributed by atoms with Gasteiger partial charge in [0, 0.05) is 31.0 Å². The monoisotopic (exact) mass is 354 g/mol. The van der Waals surface area contributed by atoms with E-state index in [1.54, 1.807) is 6.33 Å². The first-order chi connectivity index (χ1) is 12.7. The number of halogens is 1. The molecule has 2 amide bonds. The Hall–Kier alpha value is -3.16. The summed E-state index contributed by atoms with van der Waals surface area (Å²) in [6.45, 7) is 1.61. The zero-order chi connectivity index (χ0) is 17.9. The maximum Gasteiger partial charge on any atom is 0.319 e. The number of rotatable bonds is 3. The summed E-state index contributed by atoms with van der Waals surface area (Å²) in [6.07, 6.45) is 5.07. The molecule has 3 N–H and O–H groups in total. The first-order valence-corrected chi connectivity index (χ1v) is 8.55. The second kappa shape index (κ2) is 6.99. The predicted octanol–water partition coefficient (Wildman–Crippen LogP) is 2.89. The molecule has 1 aliphatic rings. The number of anilines is 2. The van der Waals surface area contributed by atoms with E-state index in [-0.39, 0.29) is 17.9 Å². The van der Waals surface area contributed by atoms with Crippen LogP contribution in [0.1, 0.15) is 12.8 Å². The van der Waals surface area contributed by atoms with Gasteiger partial charge >= 0.3 is 6.03 Å². The molecule has 1 aliphatic heterocycles. The van der Waals surface area contributed by atoms with Crippen molar-refractivity contribution in [2.24, 2.45) is 0 Å². The predicted molar refractivity (Wildman–Crippen MR) is 97.7 cm³/mol. The summed E-state index contributed by atoms with van der Waals surface area (Å²) in [5.41, 5.74) is 1.39. The normalized spacial score (nSPS) is 15.2. The highest BCUT2D eigenvalue weighted by atomic mass is 19.1. The van der Waals surface area contributed by atoms with Gasteiger partial charge in [0.2, 0.25) is 0 Å². The third-order valence-electron chi connectivity index (χ3n) is 4.56. The minimum atomic E-state index is -0.329. The van der Waals surface area contributed by atoms with Crippen molar-refractivity contribution in [3.8, 4) is 0 Å². The van der Waals surface area contributed by atoms with E-state index in [2.05, 4.69) is 30.5 Å². The molecule has 26 heavy (non-hydrogen) atoms. The molecule has 8 heteroatoms. The molecule has 3 heterocycles. The molecule has 1 saturated heterocycles. The number of piperidine rings is 1. The minimum Gasteiger partial charge on any atom is -0.356 e. The Kier molecular flexibility index (Phi) is 4.39. The Morgan fingerprint density at radius 3 is 2.69 bits per heavy atom. The van der Waals surface area contributed by atoms with Crippen molar-refractivity contribution in [3.63, 3.8) is 0 Å². The van der Waals surface area contributed by atoms with Crippen molar-refractivity contribution in [2.45, 2.75) is 18.9 Å². The van der Waals surface area contributed by atoms with Crippen LogP contribution < -0.4 is 15.5 Å². The fraction of sp³-hybridized carbons (Fsp3) is 0.278. The van der Waals surface area contributed by atoms with E-state index >= 15 is 0 Å². The summed E-state index contributed by atoms with van der Waals surface area (Å²) in [5.74, 6) is 0.593. The molecule has 2 aromatic heterocycles. The van der Waals surface area contributed by atoms with Crippen LogP contribution >= 0.6 is 0 Å². The molecule has 0 bridgehead atoms. The third-order valence-corrected chi connectivity index (χ3v) is 4.56. The molecule has 0 spiro atoms. The molecule has 7 nitrogen and oxygen atoms in total. The van der Waals surface area contributed by atoms with E-state index in [0.717, 1.165) is 42.8 Å². The van der Waals surface area contributed by atoms with Gasteiger partial charge in [0.1, 0.15) is 23.6 Å². The van der Waals surface area contributed by atoms with E-state index in [4.69, 9.17) is 0 Å². The first-order valence-electron chi connectivity index (χ1n) is 8.55. The van der Waals surface area contributed by atoms with Crippen LogP contribution in [0.3, 0.4) is 0 Å². The number of hydrogen-bond acceptors (Lipinski definition) is 4. The number of nitrogens with zero attached hydrogens (tertiary/aromatic N) is 3. The molecule has 0 radical (unpaired) electrons. The third kappa shape index (κ3) is 3.44. The largest absolute Gasteiger partial charge is 0.356 e. The standard InChI is InChI=1S/C18H19FN6O/c19-12-1-3-13(4-2-12)23-18(26)24-14-6-9-25(10-7-14)17-15-5-8-20-16(15)21-11-22-17/h1-5,8,11,14H,6-7,9-10H2,(H,20,21,22)(H2,23,24,26). The Morgan fingerprint density at radius 2 is 1.92 bits per heavy atom. The van der Waals surface area contributed by atoms with Gasteiger partial charge in [-0.15, -0.1) is 0 Å². The minimum absolute atomic E-state index is 0.0928. The van der Waals surface area contributed by atoms with Gasteiger partial charge in [-0.3, -0.25) is 0 Å². The lowest BCUT2D eigenvalue weighted by Crippen LogP contribution is -2.46. The van der Waals surface area contributed by atoms with Crippen molar-refractivity contribution in [3.05, 3.63) is 48.7 Å². The van der Waals surface area contributed by atoms with Gasteiger partial charge in [-0.25, -0.2) is 19.2 Å². The van der Waals surface area contributed by atoms with Crippen LogP contribution in [0.4, 0.5) is 20.7 Å². The van der Waals surface area contributed by atoms with E-state index in [9.17, 15) is 9.18 Å². The fourth-order valence-electron chi connectivity index (χ4n) is 3.23. The van der Waals surface area contributed by atoms with Gasteiger partial charge in [-0.2, -0.15) is 0 Å². The summed E-state index contributed by atoms with van der Waals surface area (Å²) in [6, 6.07) is 7.50. The lowest BCUT2D eigenvalue weighted by atomic mass is 10.1. The number of aromatic nitrogens is 3. The van der Waals surface area contributed by atoms with Gasteiger partial charge < -0.3 is 20.5 Å². The number of nitrogens with one attached hydrogen (secondary N) is 3. The summed E-state index contributed by atoms with van der Waals surface area (Å²) < 4.78 is 12.9. The lowest BCUT2D eigenvalue weighted by Gasteiger charge is -2.33.